The fraction of sp³-hybridized carbons (Fsp3) is 0.700. The van der Waals surface area contributed by atoms with Gasteiger partial charge in [-0.05, 0) is 38.5 Å². The van der Waals surface area contributed by atoms with Gasteiger partial charge in [-0.25, -0.2) is 4.79 Å². The Morgan fingerprint density at radius 3 is 2.52 bits per heavy atom. The zero-order valence-corrected chi connectivity index (χ0v) is 15.5. The molecule has 0 aromatic rings. The third-order valence-corrected chi connectivity index (χ3v) is 4.76. The third kappa shape index (κ3) is 10.3. The number of alkyl halides is 3. The lowest BCUT2D eigenvalue weighted by atomic mass is 9.92. The zero-order chi connectivity index (χ0) is 20.3. The molecule has 1 aliphatic carbocycles. The largest absolute Gasteiger partial charge is 0.479 e. The first-order chi connectivity index (χ1) is 12.7. The number of carboxylic acids is 1. The van der Waals surface area contributed by atoms with Crippen molar-refractivity contribution in [1.82, 2.24) is 0 Å². The van der Waals surface area contributed by atoms with Crippen LogP contribution in [0.25, 0.3) is 0 Å². The van der Waals surface area contributed by atoms with Gasteiger partial charge in [0.2, 0.25) is 0 Å². The lowest BCUT2D eigenvalue weighted by molar-refractivity contribution is -0.146. The Morgan fingerprint density at radius 1 is 1.19 bits per heavy atom. The van der Waals surface area contributed by atoms with Crippen molar-refractivity contribution in [1.29, 1.82) is 0 Å². The number of rotatable bonds is 13. The Bertz CT molecular complexity index is 538. The van der Waals surface area contributed by atoms with Gasteiger partial charge in [0.15, 0.2) is 6.10 Å². The van der Waals surface area contributed by atoms with E-state index >= 15 is 0 Å². The Kier molecular flexibility index (Phi) is 10.4. The first-order valence-corrected chi connectivity index (χ1v) is 9.55. The summed E-state index contributed by atoms with van der Waals surface area (Å²) in [5.41, 5.74) is 1.10. The maximum Gasteiger partial charge on any atom is 0.389 e. The SMILES string of the molecule is O=C(O)C(O)CCC=CC[C@H]1C(=O)CC=C1CCCCCCCC(F)(F)F. The third-order valence-electron chi connectivity index (χ3n) is 4.76. The molecule has 4 nitrogen and oxygen atoms in total. The smallest absolute Gasteiger partial charge is 0.389 e. The molecule has 27 heavy (non-hydrogen) atoms. The fourth-order valence-corrected chi connectivity index (χ4v) is 3.19. The number of carbonyl (C=O) groups is 2. The molecular weight excluding hydrogens is 361 g/mol. The first kappa shape index (κ1) is 23.4. The predicted octanol–water partition coefficient (Wildman–Crippen LogP) is 4.97. The molecule has 0 aromatic carbocycles. The summed E-state index contributed by atoms with van der Waals surface area (Å²) in [6.45, 7) is 0. The van der Waals surface area contributed by atoms with Gasteiger partial charge < -0.3 is 10.2 Å². The van der Waals surface area contributed by atoms with E-state index in [9.17, 15) is 27.9 Å². The van der Waals surface area contributed by atoms with Gasteiger partial charge in [-0.15, -0.1) is 0 Å². The molecule has 0 saturated carbocycles. The number of carbonyl (C=O) groups excluding carboxylic acids is 1. The summed E-state index contributed by atoms with van der Waals surface area (Å²) in [6, 6.07) is 0. The molecule has 7 heteroatoms. The van der Waals surface area contributed by atoms with Crippen molar-refractivity contribution in [3.8, 4) is 0 Å². The van der Waals surface area contributed by atoms with Gasteiger partial charge in [-0.3, -0.25) is 4.79 Å². The standard InChI is InChI=1S/C20H29F3O4/c21-20(22,23)14-8-3-1-2-5-9-15-12-13-17(24)16(15)10-6-4-7-11-18(25)19(26)27/h4,6,12,16,18,25H,1-3,5,7-11,13-14H2,(H,26,27)/t16-,18?/m1/s1. The number of Topliss-reactive ketones (excluding diaryl/α,β-unsaturated/α-hetero) is 1. The van der Waals surface area contributed by atoms with E-state index in [2.05, 4.69) is 0 Å². The average molecular weight is 390 g/mol. The van der Waals surface area contributed by atoms with E-state index in [1.165, 1.54) is 0 Å². The van der Waals surface area contributed by atoms with Crippen LogP contribution in [0.3, 0.4) is 0 Å². The van der Waals surface area contributed by atoms with Crippen LogP contribution in [0.2, 0.25) is 0 Å². The monoisotopic (exact) mass is 390 g/mol. The number of aliphatic carboxylic acids is 1. The summed E-state index contributed by atoms with van der Waals surface area (Å²) >= 11 is 0. The molecule has 0 radical (unpaired) electrons. The molecule has 1 aliphatic rings. The maximum atomic E-state index is 12.1. The summed E-state index contributed by atoms with van der Waals surface area (Å²) in [5.74, 6) is -1.21. The number of hydrogen-bond donors (Lipinski definition) is 2. The quantitative estimate of drug-likeness (QED) is 0.344. The second-order valence-corrected chi connectivity index (χ2v) is 7.02. The molecule has 0 fully saturated rings. The van der Waals surface area contributed by atoms with Crippen LogP contribution in [0.5, 0.6) is 0 Å². The van der Waals surface area contributed by atoms with Crippen molar-refractivity contribution < 1.29 is 33.0 Å². The predicted molar refractivity (Wildman–Crippen MR) is 96.2 cm³/mol. The number of halogens is 3. The van der Waals surface area contributed by atoms with Crippen LogP contribution in [0.15, 0.2) is 23.8 Å². The van der Waals surface area contributed by atoms with E-state index in [0.717, 1.165) is 31.3 Å². The Balaban J connectivity index is 2.21. The molecule has 0 bridgehead atoms. The lowest BCUT2D eigenvalue weighted by Crippen LogP contribution is -2.18. The van der Waals surface area contributed by atoms with Gasteiger partial charge in [0.1, 0.15) is 5.78 Å². The normalized spacial score (nSPS) is 18.9. The molecule has 0 heterocycles. The Morgan fingerprint density at radius 2 is 1.85 bits per heavy atom. The highest BCUT2D eigenvalue weighted by atomic mass is 19.4. The number of unbranched alkanes of at least 4 members (excludes halogenated alkanes) is 4. The second-order valence-electron chi connectivity index (χ2n) is 7.02. The van der Waals surface area contributed by atoms with E-state index in [1.807, 2.05) is 12.2 Å². The van der Waals surface area contributed by atoms with Crippen molar-refractivity contribution in [3.63, 3.8) is 0 Å². The molecule has 0 amide bonds. The average Bonchev–Trinajstić information content (AvgIpc) is 2.92. The first-order valence-electron chi connectivity index (χ1n) is 9.55. The summed E-state index contributed by atoms with van der Waals surface area (Å²) in [4.78, 5) is 22.5. The molecule has 154 valence electrons. The summed E-state index contributed by atoms with van der Waals surface area (Å²) in [7, 11) is 0. The van der Waals surface area contributed by atoms with Crippen molar-refractivity contribution in [2.75, 3.05) is 0 Å². The summed E-state index contributed by atoms with van der Waals surface area (Å²) < 4.78 is 36.2. The maximum absolute atomic E-state index is 12.1. The minimum Gasteiger partial charge on any atom is -0.479 e. The van der Waals surface area contributed by atoms with Gasteiger partial charge in [0.25, 0.3) is 0 Å². The summed E-state index contributed by atoms with van der Waals surface area (Å²) in [5, 5.41) is 17.8. The van der Waals surface area contributed by atoms with Crippen LogP contribution < -0.4 is 0 Å². The van der Waals surface area contributed by atoms with Crippen molar-refractivity contribution in [2.45, 2.75) is 82.9 Å². The highest BCUT2D eigenvalue weighted by Gasteiger charge is 2.26. The van der Waals surface area contributed by atoms with Crippen molar-refractivity contribution in [3.05, 3.63) is 23.8 Å². The molecule has 2 atom stereocenters. The number of aliphatic hydroxyl groups is 1. The van der Waals surface area contributed by atoms with Crippen molar-refractivity contribution >= 4 is 11.8 Å². The van der Waals surface area contributed by atoms with Gasteiger partial charge in [0, 0.05) is 18.8 Å². The second kappa shape index (κ2) is 12.0. The van der Waals surface area contributed by atoms with E-state index < -0.39 is 24.7 Å². The van der Waals surface area contributed by atoms with Gasteiger partial charge in [-0.2, -0.15) is 13.2 Å². The molecular formula is C20H29F3O4. The van der Waals surface area contributed by atoms with E-state index in [0.29, 0.717) is 25.7 Å². The molecule has 1 rings (SSSR count). The van der Waals surface area contributed by atoms with Crippen LogP contribution in [0.4, 0.5) is 13.2 Å². The van der Waals surface area contributed by atoms with Gasteiger partial charge in [-0.1, -0.05) is 43.1 Å². The lowest BCUT2D eigenvalue weighted by Gasteiger charge is -2.12. The van der Waals surface area contributed by atoms with E-state index in [1.54, 1.807) is 6.08 Å². The van der Waals surface area contributed by atoms with Crippen LogP contribution in [-0.2, 0) is 9.59 Å². The fourth-order valence-electron chi connectivity index (χ4n) is 3.19. The summed E-state index contributed by atoms with van der Waals surface area (Å²) in [6.07, 6.45) is 5.07. The molecule has 0 saturated heterocycles. The number of aliphatic hydroxyl groups excluding tert-OH is 1. The van der Waals surface area contributed by atoms with E-state index in [-0.39, 0.29) is 24.5 Å². The highest BCUT2D eigenvalue weighted by Crippen LogP contribution is 2.30. The molecule has 2 N–H and O–H groups in total. The number of ketones is 1. The topological polar surface area (TPSA) is 74.6 Å². The van der Waals surface area contributed by atoms with Crippen molar-refractivity contribution in [2.24, 2.45) is 5.92 Å². The number of hydrogen-bond acceptors (Lipinski definition) is 3. The minimum atomic E-state index is -4.07. The van der Waals surface area contributed by atoms with Crippen LogP contribution in [-0.4, -0.2) is 34.2 Å². The van der Waals surface area contributed by atoms with E-state index in [4.69, 9.17) is 5.11 Å². The van der Waals surface area contributed by atoms with Crippen LogP contribution in [0.1, 0.15) is 70.6 Å². The van der Waals surface area contributed by atoms with Gasteiger partial charge in [0.05, 0.1) is 0 Å². The number of allylic oxidation sites excluding steroid dienone is 4. The highest BCUT2D eigenvalue weighted by molar-refractivity contribution is 5.88. The van der Waals surface area contributed by atoms with Crippen LogP contribution >= 0.6 is 0 Å². The number of carboxylic acid groups (broad SMARTS) is 1. The zero-order valence-electron chi connectivity index (χ0n) is 15.5. The molecule has 1 unspecified atom stereocenters. The minimum absolute atomic E-state index is 0.140. The van der Waals surface area contributed by atoms with Gasteiger partial charge >= 0.3 is 12.1 Å². The molecule has 0 aromatic heterocycles. The molecule has 0 spiro atoms. The van der Waals surface area contributed by atoms with Crippen LogP contribution in [0, 0.1) is 5.92 Å². The Labute approximate surface area is 158 Å². The Hall–Kier alpha value is -1.63. The molecule has 0 aliphatic heterocycles.